The van der Waals surface area contributed by atoms with E-state index in [4.69, 9.17) is 5.73 Å². The van der Waals surface area contributed by atoms with Crippen LogP contribution in [0.2, 0.25) is 0 Å². The number of benzene rings is 1. The molecule has 1 heterocycles. The number of aromatic nitrogens is 2. The van der Waals surface area contributed by atoms with Crippen molar-refractivity contribution in [3.8, 4) is 0 Å². The maximum Gasteiger partial charge on any atom is 0.138 e. The van der Waals surface area contributed by atoms with Gasteiger partial charge in [-0.25, -0.2) is 9.97 Å². The van der Waals surface area contributed by atoms with E-state index in [0.29, 0.717) is 11.6 Å². The van der Waals surface area contributed by atoms with Crippen LogP contribution in [0.5, 0.6) is 0 Å². The molecule has 2 aromatic rings. The highest BCUT2D eigenvalue weighted by atomic mass is 15.2. The lowest BCUT2D eigenvalue weighted by atomic mass is 10.2. The predicted octanol–water partition coefficient (Wildman–Crippen LogP) is 2.44. The largest absolute Gasteiger partial charge is 0.384 e. The van der Waals surface area contributed by atoms with E-state index in [-0.39, 0.29) is 0 Å². The van der Waals surface area contributed by atoms with E-state index in [1.54, 1.807) is 6.07 Å². The number of hydrogen-bond acceptors (Lipinski definition) is 4. The molecule has 0 aliphatic heterocycles. The van der Waals surface area contributed by atoms with Crippen LogP contribution in [-0.2, 0) is 0 Å². The van der Waals surface area contributed by atoms with Gasteiger partial charge in [0.1, 0.15) is 17.5 Å². The number of rotatable bonds is 2. The van der Waals surface area contributed by atoms with Crippen molar-refractivity contribution >= 4 is 17.3 Å². The van der Waals surface area contributed by atoms with E-state index in [2.05, 4.69) is 29.0 Å². The Morgan fingerprint density at radius 2 is 1.88 bits per heavy atom. The van der Waals surface area contributed by atoms with E-state index in [1.807, 2.05) is 31.0 Å². The highest BCUT2D eigenvalue weighted by Gasteiger charge is 2.07. The predicted molar refractivity (Wildman–Crippen MR) is 70.4 cm³/mol. The van der Waals surface area contributed by atoms with E-state index >= 15 is 0 Å². The van der Waals surface area contributed by atoms with Crippen LogP contribution in [0.15, 0.2) is 30.3 Å². The van der Waals surface area contributed by atoms with Gasteiger partial charge in [-0.1, -0.05) is 12.1 Å². The van der Waals surface area contributed by atoms with Crippen LogP contribution >= 0.6 is 0 Å². The molecule has 2 rings (SSSR count). The summed E-state index contributed by atoms with van der Waals surface area (Å²) in [5.74, 6) is 1.98. The van der Waals surface area contributed by atoms with Crippen molar-refractivity contribution in [1.82, 2.24) is 9.97 Å². The van der Waals surface area contributed by atoms with Crippen molar-refractivity contribution in [2.24, 2.45) is 0 Å². The van der Waals surface area contributed by atoms with Gasteiger partial charge in [-0.05, 0) is 31.5 Å². The second kappa shape index (κ2) is 4.41. The maximum atomic E-state index is 5.73. The lowest BCUT2D eigenvalue weighted by Gasteiger charge is -2.19. The summed E-state index contributed by atoms with van der Waals surface area (Å²) < 4.78 is 0. The van der Waals surface area contributed by atoms with E-state index in [1.165, 1.54) is 5.56 Å². The second-order valence-corrected chi connectivity index (χ2v) is 4.10. The molecule has 0 aliphatic carbocycles. The summed E-state index contributed by atoms with van der Waals surface area (Å²) in [5.41, 5.74) is 8.03. The molecule has 0 fully saturated rings. The fourth-order valence-electron chi connectivity index (χ4n) is 1.72. The maximum absolute atomic E-state index is 5.73. The van der Waals surface area contributed by atoms with Crippen LogP contribution in [0.3, 0.4) is 0 Å². The molecule has 0 amide bonds. The average Bonchev–Trinajstić information content (AvgIpc) is 2.26. The Bertz CT molecular complexity index is 516. The third kappa shape index (κ3) is 2.53. The van der Waals surface area contributed by atoms with Crippen molar-refractivity contribution in [1.29, 1.82) is 0 Å². The lowest BCUT2D eigenvalue weighted by Crippen LogP contribution is -2.13. The molecule has 4 heteroatoms. The third-order valence-corrected chi connectivity index (χ3v) is 2.58. The minimum Gasteiger partial charge on any atom is -0.384 e. The SMILES string of the molecule is Cc1cccc(N(C)c2cc(N)nc(C)n2)c1. The van der Waals surface area contributed by atoms with Crippen molar-refractivity contribution in [3.05, 3.63) is 41.7 Å². The molecule has 2 N–H and O–H groups in total. The minimum absolute atomic E-state index is 0.493. The minimum atomic E-state index is 0.493. The topological polar surface area (TPSA) is 55.0 Å². The van der Waals surface area contributed by atoms with Gasteiger partial charge in [-0.2, -0.15) is 0 Å². The van der Waals surface area contributed by atoms with Crippen LogP contribution in [0.25, 0.3) is 0 Å². The van der Waals surface area contributed by atoms with Gasteiger partial charge in [0.15, 0.2) is 0 Å². The summed E-state index contributed by atoms with van der Waals surface area (Å²) in [6, 6.07) is 10.0. The fraction of sp³-hybridized carbons (Fsp3) is 0.231. The van der Waals surface area contributed by atoms with Crippen LogP contribution in [0.4, 0.5) is 17.3 Å². The molecular weight excluding hydrogens is 212 g/mol. The zero-order valence-corrected chi connectivity index (χ0v) is 10.3. The number of nitrogens with two attached hydrogens (primary N) is 1. The van der Waals surface area contributed by atoms with Crippen molar-refractivity contribution in [3.63, 3.8) is 0 Å². The molecule has 0 aliphatic rings. The van der Waals surface area contributed by atoms with Crippen molar-refractivity contribution in [2.75, 3.05) is 17.7 Å². The number of hydrogen-bond donors (Lipinski definition) is 1. The van der Waals surface area contributed by atoms with Gasteiger partial charge in [0.2, 0.25) is 0 Å². The van der Waals surface area contributed by atoms with Gasteiger partial charge >= 0.3 is 0 Å². The molecule has 0 atom stereocenters. The molecule has 4 nitrogen and oxygen atoms in total. The van der Waals surface area contributed by atoms with E-state index < -0.39 is 0 Å². The number of nitrogen functional groups attached to an aromatic ring is 1. The summed E-state index contributed by atoms with van der Waals surface area (Å²) in [4.78, 5) is 10.4. The lowest BCUT2D eigenvalue weighted by molar-refractivity contribution is 1.02. The summed E-state index contributed by atoms with van der Waals surface area (Å²) in [6.45, 7) is 3.90. The van der Waals surface area contributed by atoms with Gasteiger partial charge in [-0.15, -0.1) is 0 Å². The average molecular weight is 228 g/mol. The summed E-state index contributed by atoms with van der Waals surface area (Å²) in [6.07, 6.45) is 0. The Morgan fingerprint density at radius 1 is 1.12 bits per heavy atom. The Labute approximate surface area is 101 Å². The van der Waals surface area contributed by atoms with E-state index in [0.717, 1.165) is 11.5 Å². The second-order valence-electron chi connectivity index (χ2n) is 4.10. The number of anilines is 3. The summed E-state index contributed by atoms with van der Waals surface area (Å²) in [7, 11) is 1.97. The fourth-order valence-corrected chi connectivity index (χ4v) is 1.72. The van der Waals surface area contributed by atoms with Gasteiger partial charge in [0.25, 0.3) is 0 Å². The first-order chi connectivity index (χ1) is 8.06. The third-order valence-electron chi connectivity index (χ3n) is 2.58. The van der Waals surface area contributed by atoms with Gasteiger partial charge in [0.05, 0.1) is 0 Å². The molecule has 88 valence electrons. The Morgan fingerprint density at radius 3 is 2.53 bits per heavy atom. The Kier molecular flexibility index (Phi) is 2.95. The number of aryl methyl sites for hydroxylation is 2. The molecule has 0 bridgehead atoms. The summed E-state index contributed by atoms with van der Waals surface area (Å²) in [5, 5.41) is 0. The first-order valence-electron chi connectivity index (χ1n) is 5.48. The zero-order chi connectivity index (χ0) is 12.4. The van der Waals surface area contributed by atoms with E-state index in [9.17, 15) is 0 Å². The Balaban J connectivity index is 2.39. The standard InChI is InChI=1S/C13H16N4/c1-9-5-4-6-11(7-9)17(3)13-8-12(14)15-10(2)16-13/h4-8H,1-3H3,(H2,14,15,16). The molecular formula is C13H16N4. The first kappa shape index (κ1) is 11.4. The molecule has 1 aromatic heterocycles. The molecule has 0 radical (unpaired) electrons. The van der Waals surface area contributed by atoms with Gasteiger partial charge in [0, 0.05) is 18.8 Å². The first-order valence-corrected chi connectivity index (χ1v) is 5.48. The molecule has 0 saturated heterocycles. The number of nitrogens with zero attached hydrogens (tertiary/aromatic N) is 3. The van der Waals surface area contributed by atoms with Gasteiger partial charge in [-0.3, -0.25) is 0 Å². The van der Waals surface area contributed by atoms with Crippen molar-refractivity contribution < 1.29 is 0 Å². The van der Waals surface area contributed by atoms with Crippen LogP contribution < -0.4 is 10.6 Å². The molecule has 0 saturated carbocycles. The summed E-state index contributed by atoms with van der Waals surface area (Å²) >= 11 is 0. The Hall–Kier alpha value is -2.10. The van der Waals surface area contributed by atoms with Crippen LogP contribution in [0, 0.1) is 13.8 Å². The van der Waals surface area contributed by atoms with Crippen LogP contribution in [-0.4, -0.2) is 17.0 Å². The highest BCUT2D eigenvalue weighted by Crippen LogP contribution is 2.23. The quantitative estimate of drug-likeness (QED) is 0.857. The molecule has 1 aromatic carbocycles. The smallest absolute Gasteiger partial charge is 0.138 e. The molecule has 0 unspecified atom stereocenters. The van der Waals surface area contributed by atoms with Crippen molar-refractivity contribution in [2.45, 2.75) is 13.8 Å². The monoisotopic (exact) mass is 228 g/mol. The zero-order valence-electron chi connectivity index (χ0n) is 10.3. The van der Waals surface area contributed by atoms with Crippen LogP contribution in [0.1, 0.15) is 11.4 Å². The molecule has 17 heavy (non-hydrogen) atoms. The highest BCUT2D eigenvalue weighted by molar-refractivity contribution is 5.61. The van der Waals surface area contributed by atoms with Gasteiger partial charge < -0.3 is 10.6 Å². The molecule has 0 spiro atoms. The normalized spacial score (nSPS) is 10.3.